The van der Waals surface area contributed by atoms with Gasteiger partial charge < -0.3 is 4.57 Å². The highest BCUT2D eigenvalue weighted by atomic mass is 35.5. The van der Waals surface area contributed by atoms with E-state index in [-0.39, 0.29) is 22.0 Å². The van der Waals surface area contributed by atoms with Crippen molar-refractivity contribution in [2.24, 2.45) is 7.05 Å². The standard InChI is InChI=1S/C20H14Cl2N4O2/c1-25-20(28)16-17(19(22)24-25)26(11-23-16)10-12-2-4-13(5-3-12)18(27)14-6-8-15(21)9-7-14/h2-9,11H,10H2,1H3. The van der Waals surface area contributed by atoms with E-state index < -0.39 is 0 Å². The van der Waals surface area contributed by atoms with Gasteiger partial charge in [-0.3, -0.25) is 9.59 Å². The number of benzene rings is 2. The maximum atomic E-state index is 12.6. The summed E-state index contributed by atoms with van der Waals surface area (Å²) in [6, 6.07) is 14.0. The first-order chi connectivity index (χ1) is 13.4. The zero-order valence-electron chi connectivity index (χ0n) is 14.8. The van der Waals surface area contributed by atoms with E-state index in [0.29, 0.717) is 28.2 Å². The lowest BCUT2D eigenvalue weighted by molar-refractivity contribution is 0.103. The number of aryl methyl sites for hydroxylation is 1. The quantitative estimate of drug-likeness (QED) is 0.479. The van der Waals surface area contributed by atoms with Crippen LogP contribution in [0.1, 0.15) is 21.5 Å². The first kappa shape index (κ1) is 18.4. The Morgan fingerprint density at radius 3 is 2.25 bits per heavy atom. The molecular formula is C20H14Cl2N4O2. The number of carbonyl (C=O) groups is 1. The first-order valence-corrected chi connectivity index (χ1v) is 9.16. The summed E-state index contributed by atoms with van der Waals surface area (Å²) in [4.78, 5) is 28.9. The summed E-state index contributed by atoms with van der Waals surface area (Å²) >= 11 is 12.1. The third-order valence-corrected chi connectivity index (χ3v) is 4.95. The number of halogens is 2. The van der Waals surface area contributed by atoms with E-state index >= 15 is 0 Å². The Morgan fingerprint density at radius 1 is 1.00 bits per heavy atom. The summed E-state index contributed by atoms with van der Waals surface area (Å²) in [6.45, 7) is 0.445. The van der Waals surface area contributed by atoms with Gasteiger partial charge in [-0.1, -0.05) is 47.5 Å². The average Bonchev–Trinajstić information content (AvgIpc) is 3.11. The van der Waals surface area contributed by atoms with Crippen molar-refractivity contribution in [1.82, 2.24) is 19.3 Å². The number of nitrogens with zero attached hydrogens (tertiary/aromatic N) is 4. The highest BCUT2D eigenvalue weighted by Crippen LogP contribution is 2.19. The van der Waals surface area contributed by atoms with Gasteiger partial charge in [0.1, 0.15) is 5.52 Å². The predicted octanol–water partition coefficient (Wildman–Crippen LogP) is 3.72. The summed E-state index contributed by atoms with van der Waals surface area (Å²) < 4.78 is 2.93. The molecule has 140 valence electrons. The number of hydrogen-bond acceptors (Lipinski definition) is 4. The van der Waals surface area contributed by atoms with Crippen molar-refractivity contribution in [2.75, 3.05) is 0 Å². The van der Waals surface area contributed by atoms with Crippen LogP contribution in [-0.4, -0.2) is 25.1 Å². The molecule has 2 aromatic heterocycles. The second kappa shape index (κ2) is 7.22. The number of aromatic nitrogens is 4. The maximum absolute atomic E-state index is 12.6. The highest BCUT2D eigenvalue weighted by molar-refractivity contribution is 6.33. The molecule has 0 N–H and O–H groups in total. The van der Waals surface area contributed by atoms with E-state index in [1.807, 2.05) is 12.1 Å². The maximum Gasteiger partial charge on any atom is 0.294 e. The summed E-state index contributed by atoms with van der Waals surface area (Å²) in [5.74, 6) is -0.0768. The molecule has 0 aliphatic heterocycles. The van der Waals surface area contributed by atoms with Crippen LogP contribution < -0.4 is 5.56 Å². The Morgan fingerprint density at radius 2 is 1.61 bits per heavy atom. The fourth-order valence-electron chi connectivity index (χ4n) is 2.98. The second-order valence-electron chi connectivity index (χ2n) is 6.32. The Balaban J connectivity index is 1.61. The van der Waals surface area contributed by atoms with Crippen LogP contribution in [0.2, 0.25) is 10.2 Å². The summed E-state index contributed by atoms with van der Waals surface area (Å²) in [6.07, 6.45) is 1.56. The van der Waals surface area contributed by atoms with Crippen LogP contribution in [0.25, 0.3) is 11.0 Å². The third-order valence-electron chi connectivity index (χ3n) is 4.44. The fourth-order valence-corrected chi connectivity index (χ4v) is 3.42. The van der Waals surface area contributed by atoms with Crippen molar-refractivity contribution < 1.29 is 4.79 Å². The molecule has 0 aliphatic carbocycles. The summed E-state index contributed by atoms with van der Waals surface area (Å²) in [5, 5.41) is 4.81. The number of rotatable bonds is 4. The number of hydrogen-bond donors (Lipinski definition) is 0. The summed E-state index contributed by atoms with van der Waals surface area (Å²) in [5.41, 5.74) is 2.55. The number of carbonyl (C=O) groups excluding carboxylic acids is 1. The van der Waals surface area contributed by atoms with Gasteiger partial charge in [0, 0.05) is 29.7 Å². The summed E-state index contributed by atoms with van der Waals surface area (Å²) in [7, 11) is 1.53. The minimum atomic E-state index is -0.304. The predicted molar refractivity (Wildman–Crippen MR) is 108 cm³/mol. The Kier molecular flexibility index (Phi) is 4.75. The van der Waals surface area contributed by atoms with E-state index in [2.05, 4.69) is 10.1 Å². The van der Waals surface area contributed by atoms with E-state index in [1.54, 1.807) is 47.3 Å². The van der Waals surface area contributed by atoms with Gasteiger partial charge in [-0.15, -0.1) is 0 Å². The smallest absolute Gasteiger partial charge is 0.294 e. The SMILES string of the molecule is Cn1nc(Cl)c2c(ncn2Cc2ccc(C(=O)c3ccc(Cl)cc3)cc2)c1=O. The second-order valence-corrected chi connectivity index (χ2v) is 7.12. The third kappa shape index (κ3) is 3.32. The molecule has 0 atom stereocenters. The normalized spacial score (nSPS) is 11.1. The minimum Gasteiger partial charge on any atom is -0.323 e. The molecule has 28 heavy (non-hydrogen) atoms. The van der Waals surface area contributed by atoms with Crippen LogP contribution in [-0.2, 0) is 13.6 Å². The van der Waals surface area contributed by atoms with Crippen molar-refractivity contribution in [1.29, 1.82) is 0 Å². The monoisotopic (exact) mass is 412 g/mol. The van der Waals surface area contributed by atoms with Crippen LogP contribution in [0.5, 0.6) is 0 Å². The van der Waals surface area contributed by atoms with Gasteiger partial charge in [-0.25, -0.2) is 9.67 Å². The van der Waals surface area contributed by atoms with Gasteiger partial charge in [-0.05, 0) is 29.8 Å². The average molecular weight is 413 g/mol. The molecule has 6 nitrogen and oxygen atoms in total. The van der Waals surface area contributed by atoms with Gasteiger partial charge >= 0.3 is 0 Å². The Hall–Kier alpha value is -2.96. The van der Waals surface area contributed by atoms with E-state index in [4.69, 9.17) is 23.2 Å². The van der Waals surface area contributed by atoms with Crippen LogP contribution in [0, 0.1) is 0 Å². The zero-order valence-corrected chi connectivity index (χ0v) is 16.3. The Bertz CT molecular complexity index is 1240. The topological polar surface area (TPSA) is 69.8 Å². The molecule has 0 unspecified atom stereocenters. The van der Waals surface area contributed by atoms with Crippen molar-refractivity contribution in [2.45, 2.75) is 6.54 Å². The minimum absolute atomic E-state index is 0.0768. The molecular weight excluding hydrogens is 399 g/mol. The number of ketones is 1. The molecule has 2 aromatic carbocycles. The molecule has 0 bridgehead atoms. The lowest BCUT2D eigenvalue weighted by atomic mass is 10.0. The van der Waals surface area contributed by atoms with Gasteiger partial charge in [-0.2, -0.15) is 5.10 Å². The van der Waals surface area contributed by atoms with Gasteiger partial charge in [0.05, 0.1) is 6.33 Å². The molecule has 8 heteroatoms. The molecule has 2 heterocycles. The van der Waals surface area contributed by atoms with Crippen LogP contribution >= 0.6 is 23.2 Å². The molecule has 0 aliphatic rings. The van der Waals surface area contributed by atoms with Crippen LogP contribution in [0.15, 0.2) is 59.7 Å². The first-order valence-electron chi connectivity index (χ1n) is 8.41. The molecule has 0 saturated carbocycles. The van der Waals surface area contributed by atoms with E-state index in [9.17, 15) is 9.59 Å². The lowest BCUT2D eigenvalue weighted by Crippen LogP contribution is -2.20. The van der Waals surface area contributed by atoms with Crippen molar-refractivity contribution in [3.05, 3.63) is 92.1 Å². The van der Waals surface area contributed by atoms with Crippen LogP contribution in [0.3, 0.4) is 0 Å². The Labute approximate surface area is 170 Å². The molecule has 4 rings (SSSR count). The number of fused-ring (bicyclic) bond motifs is 1. The highest BCUT2D eigenvalue weighted by Gasteiger charge is 2.14. The van der Waals surface area contributed by atoms with E-state index in [0.717, 1.165) is 5.56 Å². The van der Waals surface area contributed by atoms with Crippen molar-refractivity contribution >= 4 is 40.0 Å². The van der Waals surface area contributed by atoms with Gasteiger partial charge in [0.2, 0.25) is 0 Å². The lowest BCUT2D eigenvalue weighted by Gasteiger charge is -2.07. The zero-order chi connectivity index (χ0) is 19.8. The van der Waals surface area contributed by atoms with Gasteiger partial charge in [0.15, 0.2) is 16.5 Å². The molecule has 0 radical (unpaired) electrons. The molecule has 0 saturated heterocycles. The van der Waals surface area contributed by atoms with Gasteiger partial charge in [0.25, 0.3) is 5.56 Å². The molecule has 4 aromatic rings. The van der Waals surface area contributed by atoms with Crippen molar-refractivity contribution in [3.8, 4) is 0 Å². The fraction of sp³-hybridized carbons (Fsp3) is 0.100. The molecule has 0 fully saturated rings. The van der Waals surface area contributed by atoms with Crippen molar-refractivity contribution in [3.63, 3.8) is 0 Å². The molecule has 0 spiro atoms. The largest absolute Gasteiger partial charge is 0.323 e. The number of imidazole rings is 1. The van der Waals surface area contributed by atoms with E-state index in [1.165, 1.54) is 11.7 Å². The van der Waals surface area contributed by atoms with Crippen LogP contribution in [0.4, 0.5) is 0 Å². The molecule has 0 amide bonds.